The van der Waals surface area contributed by atoms with E-state index in [9.17, 15) is 19.2 Å². The number of H-pyrrole nitrogens is 1. The summed E-state index contributed by atoms with van der Waals surface area (Å²) < 4.78 is 0. The quantitative estimate of drug-likeness (QED) is 0.106. The van der Waals surface area contributed by atoms with Crippen LogP contribution in [0, 0.1) is 0 Å². The highest BCUT2D eigenvalue weighted by atomic mass is 16.2. The number of hydrogen-bond acceptors (Lipinski definition) is 6. The molecule has 1 atom stereocenters. The Kier molecular flexibility index (Phi) is 9.97. The molecule has 286 valence electrons. The van der Waals surface area contributed by atoms with Gasteiger partial charge >= 0.3 is 0 Å². The molecule has 1 unspecified atom stereocenters. The van der Waals surface area contributed by atoms with Crippen LogP contribution >= 0.6 is 0 Å². The Morgan fingerprint density at radius 3 is 2.56 bits per heavy atom. The molecule has 11 heteroatoms. The molecule has 6 aromatic rings. The number of fused-ring (bicyclic) bond motifs is 3. The van der Waals surface area contributed by atoms with Crippen LogP contribution in [0.15, 0.2) is 104 Å². The monoisotopic (exact) mass is 757 g/mol. The van der Waals surface area contributed by atoms with Gasteiger partial charge in [-0.15, -0.1) is 0 Å². The number of allylic oxidation sites excluding steroid dienone is 1. The molecule has 2 aliphatic heterocycles. The molecule has 3 aromatic carbocycles. The van der Waals surface area contributed by atoms with Gasteiger partial charge in [0.1, 0.15) is 11.7 Å². The lowest BCUT2D eigenvalue weighted by Gasteiger charge is -2.31. The van der Waals surface area contributed by atoms with Crippen molar-refractivity contribution < 1.29 is 19.2 Å². The summed E-state index contributed by atoms with van der Waals surface area (Å²) in [5, 5.41) is 11.3. The number of aromatic nitrogens is 3. The third kappa shape index (κ3) is 7.08. The third-order valence-corrected chi connectivity index (χ3v) is 10.9. The second-order valence-electron chi connectivity index (χ2n) is 14.9. The van der Waals surface area contributed by atoms with E-state index >= 15 is 0 Å². The lowest BCUT2D eigenvalue weighted by molar-refractivity contribution is -0.126. The highest BCUT2D eigenvalue weighted by Crippen LogP contribution is 2.37. The number of aromatic amines is 1. The summed E-state index contributed by atoms with van der Waals surface area (Å²) in [6.45, 7) is 8.91. The second kappa shape index (κ2) is 15.3. The van der Waals surface area contributed by atoms with E-state index in [1.54, 1.807) is 36.5 Å². The molecule has 3 aromatic heterocycles. The molecule has 11 nitrogen and oxygen atoms in total. The van der Waals surface area contributed by atoms with E-state index in [4.69, 9.17) is 4.98 Å². The smallest absolute Gasteiger partial charge is 0.269 e. The normalized spacial score (nSPS) is 15.5. The Morgan fingerprint density at radius 1 is 0.965 bits per heavy atom. The van der Waals surface area contributed by atoms with Crippen molar-refractivity contribution in [1.29, 1.82) is 0 Å². The van der Waals surface area contributed by atoms with E-state index in [1.807, 2.05) is 48.7 Å². The summed E-state index contributed by atoms with van der Waals surface area (Å²) in [5.74, 6) is -0.498. The molecule has 8 rings (SSSR count). The topological polar surface area (TPSA) is 149 Å². The lowest BCUT2D eigenvalue weighted by atomic mass is 9.91. The van der Waals surface area contributed by atoms with E-state index < -0.39 is 6.04 Å². The van der Waals surface area contributed by atoms with Gasteiger partial charge in [0.2, 0.25) is 5.91 Å². The molecule has 0 aliphatic carbocycles. The predicted molar refractivity (Wildman–Crippen MR) is 222 cm³/mol. The Labute approximate surface area is 330 Å². The molecule has 0 radical (unpaired) electrons. The summed E-state index contributed by atoms with van der Waals surface area (Å²) in [4.78, 5) is 65.7. The van der Waals surface area contributed by atoms with Crippen molar-refractivity contribution in [2.45, 2.75) is 51.6 Å². The van der Waals surface area contributed by atoms with Crippen LogP contribution in [0.1, 0.15) is 86.9 Å². The molecule has 4 N–H and O–H groups in total. The SMILES string of the molecule is C=C1CCC(N2Cc3c(/C=C/CCNC(=O)c4ccc(-c5cc6cccc(-c7cc(C(C)C)c8[nH]cc(C(=O)NC)c8c7)c6cn5)cn4)cccc3C2=O)C(=O)N1. The molecule has 57 heavy (non-hydrogen) atoms. The van der Waals surface area contributed by atoms with Gasteiger partial charge in [-0.1, -0.05) is 62.9 Å². The van der Waals surface area contributed by atoms with Gasteiger partial charge in [-0.05, 0) is 94.8 Å². The van der Waals surface area contributed by atoms with E-state index in [-0.39, 0.29) is 29.5 Å². The fraction of sp³-hybridized carbons (Fsp3) is 0.217. The van der Waals surface area contributed by atoms with Crippen LogP contribution in [0.3, 0.4) is 0 Å². The van der Waals surface area contributed by atoms with Crippen LogP contribution in [0.4, 0.5) is 0 Å². The van der Waals surface area contributed by atoms with Crippen LogP contribution in [0.5, 0.6) is 0 Å². The zero-order chi connectivity index (χ0) is 39.8. The first-order chi connectivity index (χ1) is 27.6. The summed E-state index contributed by atoms with van der Waals surface area (Å²) in [6, 6.07) is 21.1. The van der Waals surface area contributed by atoms with Crippen LogP contribution in [-0.4, -0.2) is 63.1 Å². The van der Waals surface area contributed by atoms with Crippen molar-refractivity contribution in [3.63, 3.8) is 0 Å². The van der Waals surface area contributed by atoms with Gasteiger partial charge in [-0.3, -0.25) is 29.1 Å². The van der Waals surface area contributed by atoms with Gasteiger partial charge in [-0.25, -0.2) is 0 Å². The van der Waals surface area contributed by atoms with Crippen LogP contribution < -0.4 is 16.0 Å². The van der Waals surface area contributed by atoms with Gasteiger partial charge in [0.25, 0.3) is 17.7 Å². The molecule has 0 bridgehead atoms. The minimum Gasteiger partial charge on any atom is -0.360 e. The minimum atomic E-state index is -0.509. The van der Waals surface area contributed by atoms with E-state index in [0.717, 1.165) is 60.8 Å². The molecular formula is C46H43N7O4. The van der Waals surface area contributed by atoms with Gasteiger partial charge < -0.3 is 25.8 Å². The minimum absolute atomic E-state index is 0.134. The maximum absolute atomic E-state index is 13.2. The Hall–Kier alpha value is -6.88. The van der Waals surface area contributed by atoms with Gasteiger partial charge in [0.05, 0.1) is 11.3 Å². The molecule has 5 heterocycles. The lowest BCUT2D eigenvalue weighted by Crippen LogP contribution is -2.49. The maximum atomic E-state index is 13.2. The molecular weight excluding hydrogens is 715 g/mol. The molecule has 0 saturated carbocycles. The number of pyridine rings is 2. The second-order valence-corrected chi connectivity index (χ2v) is 14.9. The number of piperidine rings is 1. The number of benzene rings is 3. The molecule has 0 spiro atoms. The number of amides is 4. The Morgan fingerprint density at radius 2 is 1.79 bits per heavy atom. The summed E-state index contributed by atoms with van der Waals surface area (Å²) in [7, 11) is 1.64. The highest BCUT2D eigenvalue weighted by molar-refractivity contribution is 6.09. The number of rotatable bonds is 10. The number of carbonyl (C=O) groups is 4. The Balaban J connectivity index is 0.919. The van der Waals surface area contributed by atoms with Gasteiger partial charge in [0, 0.05) is 71.8 Å². The van der Waals surface area contributed by atoms with Crippen LogP contribution in [0.2, 0.25) is 0 Å². The van der Waals surface area contributed by atoms with Crippen molar-refractivity contribution in [3.05, 3.63) is 137 Å². The van der Waals surface area contributed by atoms with Crippen molar-refractivity contribution >= 4 is 51.4 Å². The number of carbonyl (C=O) groups excluding carboxylic acids is 4. The standard InChI is InChI=1S/C46H43N7O4/c1-26(2)34-19-31(20-35-37(43(54)47-4)24-51-42(34)35)32-12-8-11-29-21-40(50-23-36(29)32)30-15-16-39(49-22-30)44(55)48-18-6-5-9-28-10-7-13-33-38(28)25-53(46(33)57)41-17-14-27(3)52-45(41)56/h5,7-13,15-16,19-24,26,41,51H,3,6,14,17-18,25H2,1-2,4H3,(H,47,54)(H,48,55)(H,52,56)/b9-5+. The Bertz CT molecular complexity index is 2640. The van der Waals surface area contributed by atoms with Crippen LogP contribution in [0.25, 0.3) is 50.1 Å². The van der Waals surface area contributed by atoms with Gasteiger partial charge in [-0.2, -0.15) is 0 Å². The fourth-order valence-electron chi connectivity index (χ4n) is 7.87. The molecule has 1 saturated heterocycles. The number of nitrogens with one attached hydrogen (secondary N) is 4. The largest absolute Gasteiger partial charge is 0.360 e. The van der Waals surface area contributed by atoms with E-state index in [1.165, 1.54) is 0 Å². The average molecular weight is 758 g/mol. The first-order valence-electron chi connectivity index (χ1n) is 19.2. The van der Waals surface area contributed by atoms with E-state index in [0.29, 0.717) is 54.9 Å². The molecule has 4 amide bonds. The van der Waals surface area contributed by atoms with Crippen molar-refractivity contribution in [3.8, 4) is 22.4 Å². The van der Waals surface area contributed by atoms with E-state index in [2.05, 4.69) is 70.6 Å². The van der Waals surface area contributed by atoms with Crippen molar-refractivity contribution in [2.24, 2.45) is 0 Å². The van der Waals surface area contributed by atoms with Crippen LogP contribution in [-0.2, 0) is 11.3 Å². The zero-order valence-corrected chi connectivity index (χ0v) is 32.1. The first-order valence-corrected chi connectivity index (χ1v) is 19.2. The zero-order valence-electron chi connectivity index (χ0n) is 32.1. The molecule has 1 fully saturated rings. The highest BCUT2D eigenvalue weighted by Gasteiger charge is 2.38. The van der Waals surface area contributed by atoms with Crippen molar-refractivity contribution in [2.75, 3.05) is 13.6 Å². The summed E-state index contributed by atoms with van der Waals surface area (Å²) in [6.07, 6.45) is 11.0. The fourth-order valence-corrected chi connectivity index (χ4v) is 7.87. The number of hydrogen-bond donors (Lipinski definition) is 4. The summed E-state index contributed by atoms with van der Waals surface area (Å²) >= 11 is 0. The summed E-state index contributed by atoms with van der Waals surface area (Å²) in [5.41, 5.74) is 9.68. The average Bonchev–Trinajstić information content (AvgIpc) is 3.80. The third-order valence-electron chi connectivity index (χ3n) is 10.9. The van der Waals surface area contributed by atoms with Gasteiger partial charge in [0.15, 0.2) is 0 Å². The maximum Gasteiger partial charge on any atom is 0.269 e. The first kappa shape index (κ1) is 37.1. The molecule has 2 aliphatic rings. The predicted octanol–water partition coefficient (Wildman–Crippen LogP) is 7.51. The number of nitrogens with zero attached hydrogens (tertiary/aromatic N) is 3. The van der Waals surface area contributed by atoms with Crippen molar-refractivity contribution in [1.82, 2.24) is 35.8 Å².